The Morgan fingerprint density at radius 1 is 0.923 bits per heavy atom. The lowest BCUT2D eigenvalue weighted by Crippen LogP contribution is -2.15. The molecule has 0 heterocycles. The van der Waals surface area contributed by atoms with Crippen molar-refractivity contribution in [3.05, 3.63) is 48.0 Å². The number of anilines is 2. The lowest BCUT2D eigenvalue weighted by Gasteiger charge is -2.10. The number of hydrogen-bond acceptors (Lipinski definition) is 4. The summed E-state index contributed by atoms with van der Waals surface area (Å²) in [5, 5.41) is 5.72. The number of rotatable bonds is 7. The van der Waals surface area contributed by atoms with Crippen LogP contribution in [0.4, 0.5) is 11.4 Å². The zero-order valence-corrected chi connectivity index (χ0v) is 14.9. The van der Waals surface area contributed by atoms with Gasteiger partial charge in [-0.1, -0.05) is 6.07 Å². The van der Waals surface area contributed by atoms with Crippen LogP contribution in [0.25, 0.3) is 0 Å². The van der Waals surface area contributed by atoms with Crippen LogP contribution in [0, 0.1) is 5.92 Å². The Kier molecular flexibility index (Phi) is 5.41. The zero-order chi connectivity index (χ0) is 18.5. The van der Waals surface area contributed by atoms with Crippen LogP contribution in [-0.4, -0.2) is 26.0 Å². The summed E-state index contributed by atoms with van der Waals surface area (Å²) in [5.41, 5.74) is 2.24. The van der Waals surface area contributed by atoms with E-state index in [1.54, 1.807) is 50.6 Å². The first kappa shape index (κ1) is 17.8. The predicted octanol–water partition coefficient (Wildman–Crippen LogP) is 3.23. The number of ether oxygens (including phenoxy) is 2. The second-order valence-electron chi connectivity index (χ2n) is 6.26. The van der Waals surface area contributed by atoms with Crippen molar-refractivity contribution in [3.8, 4) is 11.5 Å². The Balaban J connectivity index is 1.56. The van der Waals surface area contributed by atoms with Crippen LogP contribution >= 0.6 is 0 Å². The van der Waals surface area contributed by atoms with Crippen LogP contribution in [0.15, 0.2) is 42.5 Å². The van der Waals surface area contributed by atoms with Gasteiger partial charge in [0.15, 0.2) is 11.5 Å². The SMILES string of the molecule is COc1ccc(CC(=O)Nc2ccc(NC(=O)C3CC3)cc2)cc1OC. The quantitative estimate of drug-likeness (QED) is 0.800. The molecule has 0 unspecified atom stereocenters. The third-order valence-corrected chi connectivity index (χ3v) is 4.20. The monoisotopic (exact) mass is 354 g/mol. The first-order valence-corrected chi connectivity index (χ1v) is 8.50. The topological polar surface area (TPSA) is 76.7 Å². The Morgan fingerprint density at radius 2 is 1.54 bits per heavy atom. The number of carbonyl (C=O) groups excluding carboxylic acids is 2. The molecule has 0 bridgehead atoms. The molecule has 6 nitrogen and oxygen atoms in total. The first-order valence-electron chi connectivity index (χ1n) is 8.50. The van der Waals surface area contributed by atoms with Crippen LogP contribution < -0.4 is 20.1 Å². The van der Waals surface area contributed by atoms with Gasteiger partial charge in [-0.05, 0) is 54.8 Å². The maximum absolute atomic E-state index is 12.2. The normalized spacial score (nSPS) is 13.0. The predicted molar refractivity (Wildman–Crippen MR) is 99.7 cm³/mol. The third kappa shape index (κ3) is 4.53. The Morgan fingerprint density at radius 3 is 2.12 bits per heavy atom. The number of benzene rings is 2. The van der Waals surface area contributed by atoms with Crippen molar-refractivity contribution in [2.75, 3.05) is 24.9 Å². The van der Waals surface area contributed by atoms with Gasteiger partial charge in [0.1, 0.15) is 0 Å². The molecule has 6 heteroatoms. The van der Waals surface area contributed by atoms with Crippen molar-refractivity contribution < 1.29 is 19.1 Å². The molecule has 0 aliphatic heterocycles. The van der Waals surface area contributed by atoms with E-state index in [2.05, 4.69) is 10.6 Å². The molecule has 2 N–H and O–H groups in total. The van der Waals surface area contributed by atoms with Gasteiger partial charge in [-0.15, -0.1) is 0 Å². The second kappa shape index (κ2) is 7.91. The van der Waals surface area contributed by atoms with E-state index in [-0.39, 0.29) is 24.2 Å². The van der Waals surface area contributed by atoms with Crippen LogP contribution in [-0.2, 0) is 16.0 Å². The van der Waals surface area contributed by atoms with Crippen molar-refractivity contribution in [2.45, 2.75) is 19.3 Å². The molecule has 2 amide bonds. The number of carbonyl (C=O) groups is 2. The Bertz CT molecular complexity index is 798. The van der Waals surface area contributed by atoms with E-state index in [1.165, 1.54) is 0 Å². The maximum Gasteiger partial charge on any atom is 0.228 e. The van der Waals surface area contributed by atoms with Crippen molar-refractivity contribution in [1.29, 1.82) is 0 Å². The number of methoxy groups -OCH3 is 2. The molecule has 0 aromatic heterocycles. The van der Waals surface area contributed by atoms with E-state index < -0.39 is 0 Å². The minimum absolute atomic E-state index is 0.0650. The average molecular weight is 354 g/mol. The summed E-state index contributed by atoms with van der Waals surface area (Å²) in [7, 11) is 3.13. The molecule has 2 aromatic carbocycles. The molecule has 2 aromatic rings. The molecule has 1 aliphatic rings. The highest BCUT2D eigenvalue weighted by molar-refractivity contribution is 5.95. The number of hydrogen-bond donors (Lipinski definition) is 2. The van der Waals surface area contributed by atoms with Gasteiger partial charge in [0.05, 0.1) is 20.6 Å². The van der Waals surface area contributed by atoms with Gasteiger partial charge in [0.25, 0.3) is 0 Å². The molecule has 1 fully saturated rings. The molecule has 0 atom stereocenters. The molecule has 0 spiro atoms. The molecule has 0 radical (unpaired) electrons. The van der Waals surface area contributed by atoms with E-state index in [0.29, 0.717) is 17.2 Å². The van der Waals surface area contributed by atoms with Crippen LogP contribution in [0.2, 0.25) is 0 Å². The fraction of sp³-hybridized carbons (Fsp3) is 0.300. The molecule has 1 aliphatic carbocycles. The summed E-state index contributed by atoms with van der Waals surface area (Å²) in [6.45, 7) is 0. The highest BCUT2D eigenvalue weighted by atomic mass is 16.5. The van der Waals surface area contributed by atoms with Crippen molar-refractivity contribution in [1.82, 2.24) is 0 Å². The summed E-state index contributed by atoms with van der Waals surface area (Å²) < 4.78 is 10.4. The number of nitrogens with one attached hydrogen (secondary N) is 2. The maximum atomic E-state index is 12.2. The van der Waals surface area contributed by atoms with Gasteiger partial charge in [0, 0.05) is 17.3 Å². The Hall–Kier alpha value is -3.02. The van der Waals surface area contributed by atoms with E-state index in [0.717, 1.165) is 24.1 Å². The molecule has 3 rings (SSSR count). The standard InChI is InChI=1S/C20H22N2O4/c1-25-17-10-3-13(11-18(17)26-2)12-19(23)21-15-6-8-16(9-7-15)22-20(24)14-4-5-14/h3,6-11,14H,4-5,12H2,1-2H3,(H,21,23)(H,22,24). The lowest BCUT2D eigenvalue weighted by molar-refractivity contribution is -0.117. The summed E-state index contributed by atoms with van der Waals surface area (Å²) in [6, 6.07) is 12.5. The third-order valence-electron chi connectivity index (χ3n) is 4.20. The highest BCUT2D eigenvalue weighted by Gasteiger charge is 2.29. The smallest absolute Gasteiger partial charge is 0.228 e. The van der Waals surface area contributed by atoms with Gasteiger partial charge in [-0.2, -0.15) is 0 Å². The van der Waals surface area contributed by atoms with Crippen molar-refractivity contribution >= 4 is 23.2 Å². The van der Waals surface area contributed by atoms with Gasteiger partial charge >= 0.3 is 0 Å². The van der Waals surface area contributed by atoms with Crippen molar-refractivity contribution in [3.63, 3.8) is 0 Å². The largest absolute Gasteiger partial charge is 0.493 e. The molecule has 0 saturated heterocycles. The number of amides is 2. The summed E-state index contributed by atoms with van der Waals surface area (Å²) in [4.78, 5) is 24.0. The molecular formula is C20H22N2O4. The minimum Gasteiger partial charge on any atom is -0.493 e. The van der Waals surface area contributed by atoms with Gasteiger partial charge < -0.3 is 20.1 Å². The van der Waals surface area contributed by atoms with Crippen LogP contribution in [0.3, 0.4) is 0 Å². The van der Waals surface area contributed by atoms with E-state index in [4.69, 9.17) is 9.47 Å². The highest BCUT2D eigenvalue weighted by Crippen LogP contribution is 2.30. The van der Waals surface area contributed by atoms with Gasteiger partial charge in [-0.25, -0.2) is 0 Å². The molecule has 26 heavy (non-hydrogen) atoms. The van der Waals surface area contributed by atoms with E-state index in [9.17, 15) is 9.59 Å². The second-order valence-corrected chi connectivity index (χ2v) is 6.26. The molecule has 136 valence electrons. The first-order chi connectivity index (χ1) is 12.6. The summed E-state index contributed by atoms with van der Waals surface area (Å²) >= 11 is 0. The van der Waals surface area contributed by atoms with E-state index in [1.807, 2.05) is 6.07 Å². The van der Waals surface area contributed by atoms with Gasteiger partial charge in [0.2, 0.25) is 11.8 Å². The van der Waals surface area contributed by atoms with Crippen molar-refractivity contribution in [2.24, 2.45) is 5.92 Å². The van der Waals surface area contributed by atoms with E-state index >= 15 is 0 Å². The average Bonchev–Trinajstić information content (AvgIpc) is 3.48. The molecular weight excluding hydrogens is 332 g/mol. The fourth-order valence-corrected chi connectivity index (χ4v) is 2.61. The fourth-order valence-electron chi connectivity index (χ4n) is 2.61. The van der Waals surface area contributed by atoms with Crippen LogP contribution in [0.5, 0.6) is 11.5 Å². The summed E-state index contributed by atoms with van der Waals surface area (Å²) in [5.74, 6) is 1.31. The Labute approximate surface area is 152 Å². The van der Waals surface area contributed by atoms with Crippen LogP contribution in [0.1, 0.15) is 18.4 Å². The van der Waals surface area contributed by atoms with Gasteiger partial charge in [-0.3, -0.25) is 9.59 Å². The zero-order valence-electron chi connectivity index (χ0n) is 14.9. The minimum atomic E-state index is -0.132. The summed E-state index contributed by atoms with van der Waals surface area (Å²) in [6.07, 6.45) is 2.16. The lowest BCUT2D eigenvalue weighted by atomic mass is 10.1. The molecule has 1 saturated carbocycles.